The van der Waals surface area contributed by atoms with Crippen molar-refractivity contribution in [2.45, 2.75) is 12.8 Å². The van der Waals surface area contributed by atoms with Crippen molar-refractivity contribution in [1.29, 1.82) is 0 Å². The molecule has 0 bridgehead atoms. The standard InChI is InChI=1S/C16H19ClN4O2/c1-2-21(5-6-22)16(23)13-7-10(8-19-13)14-11-3-4-18-15(11)20-9-12(14)17/h3-4,7,9-10,19,22H,2,5-6,8H2,1H3,(H,18,20). The Morgan fingerprint density at radius 1 is 1.57 bits per heavy atom. The number of nitrogens with one attached hydrogen (secondary N) is 2. The Morgan fingerprint density at radius 2 is 2.39 bits per heavy atom. The molecule has 7 heteroatoms. The summed E-state index contributed by atoms with van der Waals surface area (Å²) in [5, 5.41) is 13.8. The van der Waals surface area contributed by atoms with Crippen molar-refractivity contribution in [3.63, 3.8) is 0 Å². The number of hydrogen-bond acceptors (Lipinski definition) is 4. The van der Waals surface area contributed by atoms with Gasteiger partial charge in [0.1, 0.15) is 5.65 Å². The predicted molar refractivity (Wildman–Crippen MR) is 89.3 cm³/mol. The molecule has 2 aromatic rings. The fourth-order valence-electron chi connectivity index (χ4n) is 2.95. The van der Waals surface area contributed by atoms with Crippen LogP contribution in [0.4, 0.5) is 0 Å². The third-order valence-electron chi connectivity index (χ3n) is 4.10. The molecule has 1 amide bonds. The van der Waals surface area contributed by atoms with E-state index >= 15 is 0 Å². The van der Waals surface area contributed by atoms with Crippen LogP contribution in [0.5, 0.6) is 0 Å². The first kappa shape index (κ1) is 15.8. The minimum atomic E-state index is -0.0976. The van der Waals surface area contributed by atoms with Crippen molar-refractivity contribution in [2.75, 3.05) is 26.2 Å². The summed E-state index contributed by atoms with van der Waals surface area (Å²) in [5.41, 5.74) is 2.31. The van der Waals surface area contributed by atoms with Crippen LogP contribution < -0.4 is 5.32 Å². The van der Waals surface area contributed by atoms with Crippen LogP contribution in [0.2, 0.25) is 5.02 Å². The highest BCUT2D eigenvalue weighted by Crippen LogP contribution is 2.34. The number of likely N-dealkylation sites (N-methyl/N-ethyl adjacent to an activating group) is 1. The number of hydrogen-bond donors (Lipinski definition) is 3. The van der Waals surface area contributed by atoms with Gasteiger partial charge in [-0.15, -0.1) is 0 Å². The van der Waals surface area contributed by atoms with Gasteiger partial charge < -0.3 is 20.3 Å². The number of amides is 1. The van der Waals surface area contributed by atoms with E-state index in [0.717, 1.165) is 16.6 Å². The van der Waals surface area contributed by atoms with Gasteiger partial charge in [0.15, 0.2) is 0 Å². The van der Waals surface area contributed by atoms with Crippen LogP contribution in [0.1, 0.15) is 18.4 Å². The Kier molecular flexibility index (Phi) is 4.54. The third kappa shape index (κ3) is 2.92. The lowest BCUT2D eigenvalue weighted by molar-refractivity contribution is -0.127. The predicted octanol–water partition coefficient (Wildman–Crippen LogP) is 1.63. The van der Waals surface area contributed by atoms with Crippen LogP contribution in [0, 0.1) is 0 Å². The average Bonchev–Trinajstić information content (AvgIpc) is 3.20. The van der Waals surface area contributed by atoms with E-state index in [-0.39, 0.29) is 18.4 Å². The maximum Gasteiger partial charge on any atom is 0.269 e. The fraction of sp³-hybridized carbons (Fsp3) is 0.375. The molecule has 23 heavy (non-hydrogen) atoms. The van der Waals surface area contributed by atoms with Crippen LogP contribution in [0.3, 0.4) is 0 Å². The van der Waals surface area contributed by atoms with E-state index in [1.54, 1.807) is 11.1 Å². The van der Waals surface area contributed by atoms with Gasteiger partial charge in [0.2, 0.25) is 0 Å². The van der Waals surface area contributed by atoms with Crippen LogP contribution in [-0.2, 0) is 4.79 Å². The zero-order valence-electron chi connectivity index (χ0n) is 12.8. The van der Waals surface area contributed by atoms with Crippen molar-refractivity contribution in [2.24, 2.45) is 0 Å². The molecule has 2 aromatic heterocycles. The minimum absolute atomic E-state index is 0.00980. The van der Waals surface area contributed by atoms with E-state index in [9.17, 15) is 4.79 Å². The summed E-state index contributed by atoms with van der Waals surface area (Å²) in [6.45, 7) is 3.35. The second-order valence-corrected chi connectivity index (χ2v) is 5.84. The second kappa shape index (κ2) is 6.60. The summed E-state index contributed by atoms with van der Waals surface area (Å²) in [7, 11) is 0. The molecule has 1 aliphatic heterocycles. The molecule has 0 aromatic carbocycles. The highest BCUT2D eigenvalue weighted by atomic mass is 35.5. The molecular weight excluding hydrogens is 316 g/mol. The molecule has 0 radical (unpaired) electrons. The highest BCUT2D eigenvalue weighted by Gasteiger charge is 2.27. The summed E-state index contributed by atoms with van der Waals surface area (Å²) in [5.74, 6) is -0.0878. The van der Waals surface area contributed by atoms with Crippen molar-refractivity contribution in [1.82, 2.24) is 20.2 Å². The zero-order chi connectivity index (χ0) is 16.4. The number of aromatic nitrogens is 2. The van der Waals surface area contributed by atoms with Crippen molar-refractivity contribution in [3.8, 4) is 0 Å². The number of aliphatic hydroxyl groups excluding tert-OH is 1. The summed E-state index contributed by atoms with van der Waals surface area (Å²) in [6.07, 6.45) is 5.37. The van der Waals surface area contributed by atoms with Gasteiger partial charge in [-0.25, -0.2) is 4.98 Å². The van der Waals surface area contributed by atoms with Gasteiger partial charge in [0.05, 0.1) is 17.3 Å². The molecule has 1 atom stereocenters. The van der Waals surface area contributed by atoms with Gasteiger partial charge in [-0.1, -0.05) is 11.6 Å². The van der Waals surface area contributed by atoms with Crippen molar-refractivity contribution in [3.05, 3.63) is 40.8 Å². The highest BCUT2D eigenvalue weighted by molar-refractivity contribution is 6.32. The van der Waals surface area contributed by atoms with Crippen LogP contribution in [0.25, 0.3) is 11.0 Å². The van der Waals surface area contributed by atoms with Gasteiger partial charge in [-0.05, 0) is 24.6 Å². The monoisotopic (exact) mass is 334 g/mol. The number of pyridine rings is 1. The van der Waals surface area contributed by atoms with E-state index in [0.29, 0.717) is 30.4 Å². The van der Waals surface area contributed by atoms with Crippen LogP contribution in [-0.4, -0.2) is 52.1 Å². The number of aliphatic hydroxyl groups is 1. The lowest BCUT2D eigenvalue weighted by Gasteiger charge is -2.20. The van der Waals surface area contributed by atoms with Gasteiger partial charge in [-0.2, -0.15) is 0 Å². The second-order valence-electron chi connectivity index (χ2n) is 5.44. The van der Waals surface area contributed by atoms with Crippen molar-refractivity contribution >= 4 is 28.5 Å². The number of H-pyrrole nitrogens is 1. The molecule has 122 valence electrons. The molecule has 0 saturated carbocycles. The number of aromatic amines is 1. The zero-order valence-corrected chi connectivity index (χ0v) is 13.6. The molecular formula is C16H19ClN4O2. The van der Waals surface area contributed by atoms with E-state index in [2.05, 4.69) is 15.3 Å². The summed E-state index contributed by atoms with van der Waals surface area (Å²) in [6, 6.07) is 1.95. The molecule has 0 aliphatic carbocycles. The fourth-order valence-corrected chi connectivity index (χ4v) is 3.24. The summed E-state index contributed by atoms with van der Waals surface area (Å²) in [4.78, 5) is 21.4. The molecule has 0 fully saturated rings. The molecule has 3 rings (SSSR count). The number of halogens is 1. The van der Waals surface area contributed by atoms with E-state index in [1.807, 2.05) is 25.3 Å². The number of carbonyl (C=O) groups excluding carboxylic acids is 1. The van der Waals surface area contributed by atoms with Gasteiger partial charge in [0, 0.05) is 43.3 Å². The first-order chi connectivity index (χ1) is 11.2. The third-order valence-corrected chi connectivity index (χ3v) is 4.40. The van der Waals surface area contributed by atoms with E-state index in [4.69, 9.17) is 16.7 Å². The van der Waals surface area contributed by atoms with Gasteiger partial charge >= 0.3 is 0 Å². The molecule has 1 unspecified atom stereocenters. The Labute approximate surface area is 139 Å². The Hall–Kier alpha value is -2.05. The average molecular weight is 335 g/mol. The smallest absolute Gasteiger partial charge is 0.269 e. The first-order valence-corrected chi connectivity index (χ1v) is 8.00. The molecule has 0 saturated heterocycles. The van der Waals surface area contributed by atoms with E-state index < -0.39 is 0 Å². The van der Waals surface area contributed by atoms with Gasteiger partial charge in [0.25, 0.3) is 5.91 Å². The minimum Gasteiger partial charge on any atom is -0.395 e. The van der Waals surface area contributed by atoms with E-state index in [1.165, 1.54) is 0 Å². The normalized spacial score (nSPS) is 17.2. The summed E-state index contributed by atoms with van der Waals surface area (Å²) >= 11 is 6.35. The van der Waals surface area contributed by atoms with Gasteiger partial charge in [-0.3, -0.25) is 4.79 Å². The first-order valence-electron chi connectivity index (χ1n) is 7.63. The maximum atomic E-state index is 12.5. The lowest BCUT2D eigenvalue weighted by atomic mass is 9.98. The molecule has 3 heterocycles. The molecule has 6 nitrogen and oxygen atoms in total. The number of rotatable bonds is 5. The quantitative estimate of drug-likeness (QED) is 0.776. The number of fused-ring (bicyclic) bond motifs is 1. The number of nitrogens with zero attached hydrogens (tertiary/aromatic N) is 2. The molecule has 1 aliphatic rings. The molecule has 3 N–H and O–H groups in total. The van der Waals surface area contributed by atoms with Crippen LogP contribution >= 0.6 is 11.6 Å². The Morgan fingerprint density at radius 3 is 3.13 bits per heavy atom. The SMILES string of the molecule is CCN(CCO)C(=O)C1=CC(c2c(Cl)cnc3[nH]ccc23)CN1. The van der Waals surface area contributed by atoms with Crippen molar-refractivity contribution < 1.29 is 9.90 Å². The summed E-state index contributed by atoms with van der Waals surface area (Å²) < 4.78 is 0. The maximum absolute atomic E-state index is 12.5. The lowest BCUT2D eigenvalue weighted by Crippen LogP contribution is -2.37. The largest absolute Gasteiger partial charge is 0.395 e. The number of carbonyl (C=O) groups is 1. The Bertz CT molecular complexity index is 756. The Balaban J connectivity index is 1.91. The molecule has 0 spiro atoms. The van der Waals surface area contributed by atoms with Crippen LogP contribution in [0.15, 0.2) is 30.2 Å². The topological polar surface area (TPSA) is 81.2 Å².